The van der Waals surface area contributed by atoms with Gasteiger partial charge in [0.2, 0.25) is 11.9 Å². The maximum Gasteiger partial charge on any atom is 0.230 e. The first-order chi connectivity index (χ1) is 13.7. The van der Waals surface area contributed by atoms with Crippen molar-refractivity contribution in [1.29, 1.82) is 0 Å². The van der Waals surface area contributed by atoms with Crippen LogP contribution in [0.2, 0.25) is 0 Å². The molecule has 1 atom stereocenters. The lowest BCUT2D eigenvalue weighted by Gasteiger charge is -2.31. The van der Waals surface area contributed by atoms with Crippen molar-refractivity contribution in [3.05, 3.63) is 48.8 Å². The van der Waals surface area contributed by atoms with E-state index < -0.39 is 0 Å². The number of methoxy groups -OCH3 is 1. The van der Waals surface area contributed by atoms with E-state index in [0.717, 1.165) is 36.4 Å². The molecule has 3 heterocycles. The Morgan fingerprint density at radius 2 is 2.07 bits per heavy atom. The minimum atomic E-state index is -0.135. The van der Waals surface area contributed by atoms with Gasteiger partial charge in [-0.1, -0.05) is 12.1 Å². The summed E-state index contributed by atoms with van der Waals surface area (Å²) in [7, 11) is 1.63. The molecule has 0 aliphatic carbocycles. The largest absolute Gasteiger partial charge is 0.496 e. The Morgan fingerprint density at radius 3 is 2.89 bits per heavy atom. The number of carbonyl (C=O) groups is 1. The van der Waals surface area contributed by atoms with Crippen LogP contribution in [0.5, 0.6) is 5.75 Å². The highest BCUT2D eigenvalue weighted by atomic mass is 16.5. The molecule has 28 heavy (non-hydrogen) atoms. The Balaban J connectivity index is 1.43. The number of benzene rings is 1. The summed E-state index contributed by atoms with van der Waals surface area (Å²) in [5.74, 6) is 1.73. The molecule has 0 saturated carbocycles. The number of carbonyl (C=O) groups excluding carboxylic acids is 1. The number of hydrogen-bond donors (Lipinski definition) is 2. The molecule has 0 spiro atoms. The number of nitrogens with one attached hydrogen (secondary N) is 2. The molecule has 1 saturated heterocycles. The topological polar surface area (TPSA) is 96.0 Å². The number of aromatic nitrogens is 4. The lowest BCUT2D eigenvalue weighted by Crippen LogP contribution is -2.41. The first-order valence-electron chi connectivity index (χ1n) is 9.26. The molecule has 3 aromatic rings. The number of ether oxygens (including phenoxy) is 1. The molecule has 1 fully saturated rings. The molecule has 2 N–H and O–H groups in total. The number of nitrogens with zero attached hydrogens (tertiary/aromatic N) is 4. The molecule has 8 nitrogen and oxygen atoms in total. The Morgan fingerprint density at radius 1 is 1.25 bits per heavy atom. The Labute approximate surface area is 163 Å². The number of para-hydroxylation sites is 1. The first-order valence-corrected chi connectivity index (χ1v) is 9.26. The zero-order chi connectivity index (χ0) is 19.3. The van der Waals surface area contributed by atoms with Crippen LogP contribution in [0.1, 0.15) is 12.8 Å². The van der Waals surface area contributed by atoms with E-state index in [1.165, 1.54) is 0 Å². The van der Waals surface area contributed by atoms with E-state index >= 15 is 0 Å². The molecule has 4 rings (SSSR count). The van der Waals surface area contributed by atoms with Crippen LogP contribution < -0.4 is 15.0 Å². The van der Waals surface area contributed by atoms with E-state index in [-0.39, 0.29) is 11.8 Å². The van der Waals surface area contributed by atoms with E-state index in [9.17, 15) is 4.79 Å². The molecule has 8 heteroatoms. The van der Waals surface area contributed by atoms with Gasteiger partial charge >= 0.3 is 0 Å². The predicted molar refractivity (Wildman–Crippen MR) is 106 cm³/mol. The second-order valence-corrected chi connectivity index (χ2v) is 6.69. The van der Waals surface area contributed by atoms with Crippen LogP contribution in [-0.2, 0) is 4.79 Å². The van der Waals surface area contributed by atoms with Gasteiger partial charge in [-0.2, -0.15) is 5.10 Å². The van der Waals surface area contributed by atoms with Crippen LogP contribution >= 0.6 is 0 Å². The smallest absolute Gasteiger partial charge is 0.230 e. The second-order valence-electron chi connectivity index (χ2n) is 6.69. The van der Waals surface area contributed by atoms with Gasteiger partial charge in [-0.3, -0.25) is 9.89 Å². The number of anilines is 2. The summed E-state index contributed by atoms with van der Waals surface area (Å²) >= 11 is 0. The number of rotatable bonds is 5. The van der Waals surface area contributed by atoms with E-state index in [4.69, 9.17) is 4.74 Å². The maximum atomic E-state index is 12.8. The van der Waals surface area contributed by atoms with Gasteiger partial charge in [-0.25, -0.2) is 9.97 Å². The van der Waals surface area contributed by atoms with Gasteiger partial charge in [0.1, 0.15) is 5.75 Å². The number of H-pyrrole nitrogens is 1. The lowest BCUT2D eigenvalue weighted by molar-refractivity contribution is -0.120. The van der Waals surface area contributed by atoms with Crippen molar-refractivity contribution >= 4 is 17.7 Å². The summed E-state index contributed by atoms with van der Waals surface area (Å²) in [6.07, 6.45) is 5.19. The summed E-state index contributed by atoms with van der Waals surface area (Å²) in [6.45, 7) is 1.45. The standard InChI is InChI=1S/C20H22N6O2/c1-28-17-8-3-2-7-15(17)16-12-18(25-24-16)23-19(27)14-6-4-11-26(13-14)20-21-9-5-10-22-20/h2-3,5,7-10,12,14H,4,6,11,13H2,1H3,(H2,23,24,25,27)/t14-/m1/s1. The number of piperidine rings is 1. The van der Waals surface area contributed by atoms with Crippen LogP contribution in [-0.4, -0.2) is 46.3 Å². The van der Waals surface area contributed by atoms with Gasteiger partial charge in [0.05, 0.1) is 18.7 Å². The van der Waals surface area contributed by atoms with Gasteiger partial charge in [0.15, 0.2) is 5.82 Å². The number of hydrogen-bond acceptors (Lipinski definition) is 6. The molecule has 144 valence electrons. The third-order valence-corrected chi connectivity index (χ3v) is 4.85. The summed E-state index contributed by atoms with van der Waals surface area (Å²) < 4.78 is 5.39. The molecule has 0 bridgehead atoms. The van der Waals surface area contributed by atoms with Gasteiger partial charge in [0, 0.05) is 37.1 Å². The Bertz CT molecular complexity index is 943. The van der Waals surface area contributed by atoms with Crippen molar-refractivity contribution in [3.8, 4) is 17.0 Å². The molecule has 1 amide bonds. The van der Waals surface area contributed by atoms with Crippen molar-refractivity contribution in [2.24, 2.45) is 5.92 Å². The molecular weight excluding hydrogens is 356 g/mol. The third-order valence-electron chi connectivity index (χ3n) is 4.85. The minimum Gasteiger partial charge on any atom is -0.496 e. The number of amides is 1. The van der Waals surface area contributed by atoms with Crippen LogP contribution in [0.25, 0.3) is 11.3 Å². The van der Waals surface area contributed by atoms with E-state index in [0.29, 0.717) is 18.3 Å². The van der Waals surface area contributed by atoms with E-state index in [1.54, 1.807) is 25.6 Å². The quantitative estimate of drug-likeness (QED) is 0.709. The third kappa shape index (κ3) is 3.80. The molecule has 0 unspecified atom stereocenters. The molecule has 1 aliphatic rings. The second kappa shape index (κ2) is 8.08. The summed E-state index contributed by atoms with van der Waals surface area (Å²) in [5.41, 5.74) is 1.68. The van der Waals surface area contributed by atoms with Gasteiger partial charge in [-0.15, -0.1) is 0 Å². The Hall–Kier alpha value is -3.42. The van der Waals surface area contributed by atoms with Crippen LogP contribution in [0.3, 0.4) is 0 Å². The van der Waals surface area contributed by atoms with Crippen molar-refractivity contribution in [1.82, 2.24) is 20.2 Å². The van der Waals surface area contributed by atoms with Crippen LogP contribution in [0.4, 0.5) is 11.8 Å². The predicted octanol–water partition coefficient (Wildman–Crippen LogP) is 2.73. The monoisotopic (exact) mass is 378 g/mol. The molecular formula is C20H22N6O2. The SMILES string of the molecule is COc1ccccc1-c1cc(NC(=O)[C@@H]2CCCN(c3ncccn3)C2)n[nH]1. The van der Waals surface area contributed by atoms with Gasteiger partial charge in [-0.05, 0) is 31.0 Å². The number of aromatic amines is 1. The van der Waals surface area contributed by atoms with Crippen molar-refractivity contribution < 1.29 is 9.53 Å². The van der Waals surface area contributed by atoms with Crippen molar-refractivity contribution in [2.75, 3.05) is 30.4 Å². The highest BCUT2D eigenvalue weighted by molar-refractivity contribution is 5.92. The molecule has 0 radical (unpaired) electrons. The van der Waals surface area contributed by atoms with Gasteiger partial charge in [0.25, 0.3) is 0 Å². The Kier molecular flexibility index (Phi) is 5.18. The lowest BCUT2D eigenvalue weighted by atomic mass is 9.97. The zero-order valence-electron chi connectivity index (χ0n) is 15.6. The maximum absolute atomic E-state index is 12.8. The zero-order valence-corrected chi connectivity index (χ0v) is 15.6. The highest BCUT2D eigenvalue weighted by Gasteiger charge is 2.27. The fraction of sp³-hybridized carbons (Fsp3) is 0.300. The van der Waals surface area contributed by atoms with Crippen molar-refractivity contribution in [2.45, 2.75) is 12.8 Å². The summed E-state index contributed by atoms with van der Waals surface area (Å²) in [5, 5.41) is 10.1. The average Bonchev–Trinajstić information content (AvgIpc) is 3.22. The first kappa shape index (κ1) is 18.0. The van der Waals surface area contributed by atoms with Crippen LogP contribution in [0.15, 0.2) is 48.8 Å². The van der Waals surface area contributed by atoms with E-state index in [2.05, 4.69) is 30.4 Å². The van der Waals surface area contributed by atoms with Crippen molar-refractivity contribution in [3.63, 3.8) is 0 Å². The molecule has 1 aliphatic heterocycles. The fourth-order valence-corrected chi connectivity index (χ4v) is 3.45. The molecule has 1 aromatic carbocycles. The normalized spacial score (nSPS) is 16.6. The average molecular weight is 378 g/mol. The summed E-state index contributed by atoms with van der Waals surface area (Å²) in [6, 6.07) is 11.3. The highest BCUT2D eigenvalue weighted by Crippen LogP contribution is 2.29. The molecule has 2 aromatic heterocycles. The van der Waals surface area contributed by atoms with Gasteiger partial charge < -0.3 is 15.0 Å². The van der Waals surface area contributed by atoms with E-state index in [1.807, 2.05) is 30.3 Å². The summed E-state index contributed by atoms with van der Waals surface area (Å²) in [4.78, 5) is 23.4. The van der Waals surface area contributed by atoms with Crippen LogP contribution in [0, 0.1) is 5.92 Å². The fourth-order valence-electron chi connectivity index (χ4n) is 3.45. The minimum absolute atomic E-state index is 0.0429.